The molecule has 0 amide bonds. The molecule has 0 aromatic rings. The van der Waals surface area contributed by atoms with Gasteiger partial charge in [0.25, 0.3) is 10.0 Å². The lowest BCUT2D eigenvalue weighted by atomic mass is 9.96. The van der Waals surface area contributed by atoms with E-state index in [0.29, 0.717) is 25.7 Å². The molecule has 12 nitrogen and oxygen atoms in total. The minimum absolute atomic E-state index is 0.0655. The Bertz CT molecular complexity index is 726. The Morgan fingerprint density at radius 2 is 1.34 bits per heavy atom. The maximum Gasteiger partial charge on any atom is 0.357 e. The fourth-order valence-electron chi connectivity index (χ4n) is 3.02. The van der Waals surface area contributed by atoms with Crippen molar-refractivity contribution in [1.29, 1.82) is 0 Å². The highest BCUT2D eigenvalue weighted by atomic mass is 32.2. The molecule has 0 aliphatic heterocycles. The summed E-state index contributed by atoms with van der Waals surface area (Å²) in [4.78, 5) is 45.8. The zero-order chi connectivity index (χ0) is 26.5. The zero-order valence-corrected chi connectivity index (χ0v) is 20.6. The molecule has 35 heavy (non-hydrogen) atoms. The second kappa shape index (κ2) is 15.7. The third-order valence-electron chi connectivity index (χ3n) is 5.03. The van der Waals surface area contributed by atoms with E-state index in [0.717, 1.165) is 32.6 Å². The summed E-state index contributed by atoms with van der Waals surface area (Å²) in [6, 6.07) is 0. The Hall–Kier alpha value is -1.40. The maximum atomic E-state index is 14.0. The Kier molecular flexibility index (Phi) is 14.1. The van der Waals surface area contributed by atoms with E-state index in [2.05, 4.69) is 18.7 Å². The fraction of sp³-hybridized carbons (Fsp3) is 0.789. The summed E-state index contributed by atoms with van der Waals surface area (Å²) in [5.41, 5.74) is 0. The third kappa shape index (κ3) is 10.6. The van der Waals surface area contributed by atoms with Crippen molar-refractivity contribution in [2.45, 2.75) is 93.8 Å². The molecule has 16 heteroatoms. The molecule has 2 rings (SSSR count). The smallest absolute Gasteiger partial charge is 0.357 e. The molecular formula is C19H26F2O12S2-2. The van der Waals surface area contributed by atoms with Gasteiger partial charge in [-0.3, -0.25) is 19.7 Å². The van der Waals surface area contributed by atoms with Crippen molar-refractivity contribution in [3.8, 4) is 0 Å². The number of ether oxygens (including phenoxy) is 2. The predicted octanol–water partition coefficient (Wildman–Crippen LogP) is 1.59. The first-order valence-corrected chi connectivity index (χ1v) is 12.1. The number of Topliss-reactive ketones (excluding diaryl/α,β-unsaturated/α-hetero) is 2. The summed E-state index contributed by atoms with van der Waals surface area (Å²) >= 11 is -0.176. The minimum Gasteiger partial charge on any atom is -0.691 e. The lowest BCUT2D eigenvalue weighted by molar-refractivity contribution is -0.777. The molecule has 0 bridgehead atoms. The van der Waals surface area contributed by atoms with Crippen LogP contribution in [0.5, 0.6) is 0 Å². The lowest BCUT2D eigenvalue weighted by Crippen LogP contribution is -2.38. The standard InChI is InChI=1S/C10H15FO6S.C9H13FO6S/c1-2-10(11,18-17-16-14)9(13)15-8-6-4-3-5-7(8)12;1-9(10,17-16-15-13)8(12)14-7-5-3-2-4-6(7)11/h8,14H,2-6H2,1H3;7,13H,2-5H2,1H3/p-2. The van der Waals surface area contributed by atoms with E-state index < -0.39 is 34.1 Å². The monoisotopic (exact) mass is 548 g/mol. The first-order valence-electron chi connectivity index (χ1n) is 10.6. The van der Waals surface area contributed by atoms with Crippen LogP contribution in [0.15, 0.2) is 0 Å². The minimum atomic E-state index is -2.60. The molecule has 0 aromatic heterocycles. The van der Waals surface area contributed by atoms with Gasteiger partial charge >= 0.3 is 11.9 Å². The van der Waals surface area contributed by atoms with Gasteiger partial charge in [0.15, 0.2) is 23.8 Å². The van der Waals surface area contributed by atoms with Crippen LogP contribution >= 0.6 is 24.1 Å². The highest BCUT2D eigenvalue weighted by molar-refractivity contribution is 7.96. The fourth-order valence-corrected chi connectivity index (χ4v) is 3.66. The van der Waals surface area contributed by atoms with E-state index >= 15 is 0 Å². The van der Waals surface area contributed by atoms with Crippen LogP contribution in [0, 0.1) is 0 Å². The van der Waals surface area contributed by atoms with Gasteiger partial charge in [-0.05, 0) is 45.4 Å². The molecular weight excluding hydrogens is 522 g/mol. The molecule has 2 aliphatic rings. The van der Waals surface area contributed by atoms with Crippen molar-refractivity contribution in [3.05, 3.63) is 0 Å². The Morgan fingerprint density at radius 3 is 1.77 bits per heavy atom. The summed E-state index contributed by atoms with van der Waals surface area (Å²) < 4.78 is 44.7. The highest BCUT2D eigenvalue weighted by Gasteiger charge is 2.44. The van der Waals surface area contributed by atoms with Crippen LogP contribution < -0.4 is 10.5 Å². The third-order valence-corrected chi connectivity index (χ3v) is 6.48. The molecule has 0 spiro atoms. The lowest BCUT2D eigenvalue weighted by Gasteiger charge is -2.25. The van der Waals surface area contributed by atoms with Gasteiger partial charge in [0, 0.05) is 19.3 Å². The van der Waals surface area contributed by atoms with Gasteiger partial charge in [0.1, 0.15) is 0 Å². The van der Waals surface area contributed by atoms with Crippen LogP contribution in [0.1, 0.15) is 71.6 Å². The molecule has 4 atom stereocenters. The number of hydrogen-bond donors (Lipinski definition) is 0. The van der Waals surface area contributed by atoms with Crippen LogP contribution in [-0.2, 0) is 47.4 Å². The van der Waals surface area contributed by atoms with Crippen molar-refractivity contribution in [2.75, 3.05) is 0 Å². The van der Waals surface area contributed by atoms with Crippen LogP contribution in [0.25, 0.3) is 0 Å². The van der Waals surface area contributed by atoms with Crippen molar-refractivity contribution < 1.29 is 66.7 Å². The molecule has 0 heterocycles. The van der Waals surface area contributed by atoms with E-state index in [9.17, 15) is 38.5 Å². The van der Waals surface area contributed by atoms with Crippen molar-refractivity contribution in [2.24, 2.45) is 0 Å². The van der Waals surface area contributed by atoms with E-state index in [1.807, 2.05) is 0 Å². The van der Waals surface area contributed by atoms with Gasteiger partial charge in [-0.25, -0.2) is 18.4 Å². The SMILES string of the molecule is CC(F)(SOO[O-])C(=O)OC1CCCCC1=O.CCC(F)(SOO[O-])C(=O)OC1CCCCC1=O. The van der Waals surface area contributed by atoms with Crippen molar-refractivity contribution in [1.82, 2.24) is 0 Å². The molecule has 0 radical (unpaired) electrons. The van der Waals surface area contributed by atoms with Gasteiger partial charge in [-0.1, -0.05) is 6.92 Å². The second-order valence-electron chi connectivity index (χ2n) is 7.65. The Balaban J connectivity index is 0.000000351. The van der Waals surface area contributed by atoms with Crippen LogP contribution in [0.4, 0.5) is 8.78 Å². The summed E-state index contributed by atoms with van der Waals surface area (Å²) in [6.45, 7) is 2.23. The van der Waals surface area contributed by atoms with Crippen LogP contribution in [-0.4, -0.2) is 45.7 Å². The first-order chi connectivity index (χ1) is 16.5. The molecule has 4 unspecified atom stereocenters. The van der Waals surface area contributed by atoms with E-state index in [1.165, 1.54) is 6.92 Å². The molecule has 202 valence electrons. The van der Waals surface area contributed by atoms with Crippen LogP contribution in [0.3, 0.4) is 0 Å². The molecule has 2 aliphatic carbocycles. The number of alkyl halides is 2. The van der Waals surface area contributed by atoms with Crippen LogP contribution in [0.2, 0.25) is 0 Å². The quantitative estimate of drug-likeness (QED) is 0.158. The van der Waals surface area contributed by atoms with E-state index in [-0.39, 0.29) is 42.1 Å². The number of carbonyl (C=O) groups is 4. The average molecular weight is 549 g/mol. The van der Waals surface area contributed by atoms with Gasteiger partial charge in [0.05, 0.1) is 24.1 Å². The first kappa shape index (κ1) is 31.6. The van der Waals surface area contributed by atoms with Gasteiger partial charge < -0.3 is 20.0 Å². The zero-order valence-electron chi connectivity index (χ0n) is 19.0. The number of carbonyl (C=O) groups excluding carboxylic acids is 4. The number of hydrogen-bond acceptors (Lipinski definition) is 14. The summed E-state index contributed by atoms with van der Waals surface area (Å²) in [5, 5.41) is 20.0. The average Bonchev–Trinajstić information content (AvgIpc) is 2.84. The van der Waals surface area contributed by atoms with Crippen molar-refractivity contribution >= 4 is 47.6 Å². The molecule has 0 aromatic carbocycles. The summed E-state index contributed by atoms with van der Waals surface area (Å²) in [7, 11) is 0. The Morgan fingerprint density at radius 1 is 0.886 bits per heavy atom. The largest absolute Gasteiger partial charge is 0.691 e. The van der Waals surface area contributed by atoms with Gasteiger partial charge in [0.2, 0.25) is 0 Å². The molecule has 2 fully saturated rings. The number of rotatable bonds is 11. The number of halogens is 2. The van der Waals surface area contributed by atoms with Gasteiger partial charge in [-0.15, -0.1) is 0 Å². The van der Waals surface area contributed by atoms with E-state index in [1.54, 1.807) is 0 Å². The summed E-state index contributed by atoms with van der Waals surface area (Å²) in [6.07, 6.45) is 2.37. The highest BCUT2D eigenvalue weighted by Crippen LogP contribution is 2.34. The molecule has 0 saturated heterocycles. The Labute approximate surface area is 208 Å². The summed E-state index contributed by atoms with van der Waals surface area (Å²) in [5.74, 6) is -2.92. The predicted molar refractivity (Wildman–Crippen MR) is 110 cm³/mol. The normalized spacial score (nSPS) is 23.8. The number of ketones is 2. The van der Waals surface area contributed by atoms with Gasteiger partial charge in [-0.2, -0.15) is 8.67 Å². The molecule has 2 saturated carbocycles. The number of esters is 2. The second-order valence-corrected chi connectivity index (χ2v) is 9.67. The van der Waals surface area contributed by atoms with E-state index in [4.69, 9.17) is 9.47 Å². The molecule has 0 N–H and O–H groups in total. The topological polar surface area (TPSA) is 170 Å². The van der Waals surface area contributed by atoms with Crippen molar-refractivity contribution in [3.63, 3.8) is 0 Å². The maximum absolute atomic E-state index is 14.0.